The summed E-state index contributed by atoms with van der Waals surface area (Å²) in [6.07, 6.45) is 2.51. The third kappa shape index (κ3) is 3.38. The number of hydrogen-bond acceptors (Lipinski definition) is 3. The van der Waals surface area contributed by atoms with Crippen molar-refractivity contribution in [2.24, 2.45) is 0 Å². The number of methoxy groups -OCH3 is 1. The number of benzene rings is 2. The Hall–Kier alpha value is -3.27. The average Bonchev–Trinajstić information content (AvgIpc) is 3.05. The Bertz CT molecular complexity index is 858. The van der Waals surface area contributed by atoms with Crippen molar-refractivity contribution in [3.8, 4) is 28.2 Å². The maximum atomic E-state index is 10.7. The summed E-state index contributed by atoms with van der Waals surface area (Å²) in [5, 5.41) is 8.80. The number of ether oxygens (including phenoxy) is 1. The molecule has 1 aromatic heterocycles. The Labute approximate surface area is 139 Å². The minimum atomic E-state index is -1.02. The number of hydrogen-bond donors (Lipinski definition) is 1. The average molecular weight is 320 g/mol. The zero-order chi connectivity index (χ0) is 16.9. The van der Waals surface area contributed by atoms with Crippen molar-refractivity contribution in [1.82, 2.24) is 0 Å². The normalized spacial score (nSPS) is 10.9. The van der Waals surface area contributed by atoms with Gasteiger partial charge in [-0.25, -0.2) is 4.79 Å². The molecule has 0 aliphatic carbocycles. The third-order valence-electron chi connectivity index (χ3n) is 3.58. The Morgan fingerprint density at radius 3 is 2.38 bits per heavy atom. The van der Waals surface area contributed by atoms with E-state index in [-0.39, 0.29) is 0 Å². The van der Waals surface area contributed by atoms with Gasteiger partial charge in [-0.2, -0.15) is 0 Å². The number of rotatable bonds is 5. The van der Waals surface area contributed by atoms with E-state index in [2.05, 4.69) is 0 Å². The van der Waals surface area contributed by atoms with Gasteiger partial charge in [0, 0.05) is 17.2 Å². The molecule has 0 atom stereocenters. The topological polar surface area (TPSA) is 59.7 Å². The first-order chi connectivity index (χ1) is 11.7. The lowest BCUT2D eigenvalue weighted by Crippen LogP contribution is -1.84. The van der Waals surface area contributed by atoms with Gasteiger partial charge in [-0.15, -0.1) is 0 Å². The van der Waals surface area contributed by atoms with Gasteiger partial charge in [-0.3, -0.25) is 0 Å². The summed E-state index contributed by atoms with van der Waals surface area (Å²) in [7, 11) is 1.62. The summed E-state index contributed by atoms with van der Waals surface area (Å²) < 4.78 is 11.1. The molecule has 3 rings (SSSR count). The van der Waals surface area contributed by atoms with Gasteiger partial charge in [-0.1, -0.05) is 42.5 Å². The van der Waals surface area contributed by atoms with E-state index in [1.54, 1.807) is 7.11 Å². The number of aliphatic carboxylic acids is 1. The van der Waals surface area contributed by atoms with Gasteiger partial charge in [0.15, 0.2) is 0 Å². The molecule has 0 radical (unpaired) electrons. The summed E-state index contributed by atoms with van der Waals surface area (Å²) in [5.74, 6) is 0.945. The first-order valence-corrected chi connectivity index (χ1v) is 7.42. The SMILES string of the molecule is COc1ccc(-c2cc(C=CC(=O)O)oc2-c2ccccc2)cc1. The van der Waals surface area contributed by atoms with Crippen LogP contribution in [0.1, 0.15) is 5.76 Å². The zero-order valence-electron chi connectivity index (χ0n) is 13.1. The molecule has 2 aromatic carbocycles. The van der Waals surface area contributed by atoms with Gasteiger partial charge in [0.05, 0.1) is 7.11 Å². The quantitative estimate of drug-likeness (QED) is 0.691. The van der Waals surface area contributed by atoms with Crippen LogP contribution in [0.2, 0.25) is 0 Å². The summed E-state index contributed by atoms with van der Waals surface area (Å²) in [5.41, 5.74) is 2.79. The summed E-state index contributed by atoms with van der Waals surface area (Å²) >= 11 is 0. The minimum Gasteiger partial charge on any atom is -0.497 e. The van der Waals surface area contributed by atoms with E-state index in [0.717, 1.165) is 28.5 Å². The van der Waals surface area contributed by atoms with Crippen LogP contribution in [0.4, 0.5) is 0 Å². The molecule has 24 heavy (non-hydrogen) atoms. The second-order valence-electron chi connectivity index (χ2n) is 5.16. The van der Waals surface area contributed by atoms with E-state index < -0.39 is 5.97 Å². The highest BCUT2D eigenvalue weighted by atomic mass is 16.5. The second-order valence-corrected chi connectivity index (χ2v) is 5.16. The van der Waals surface area contributed by atoms with Crippen molar-refractivity contribution in [1.29, 1.82) is 0 Å². The van der Waals surface area contributed by atoms with Crippen LogP contribution in [0.3, 0.4) is 0 Å². The van der Waals surface area contributed by atoms with Crippen LogP contribution < -0.4 is 4.74 Å². The zero-order valence-corrected chi connectivity index (χ0v) is 13.1. The second kappa shape index (κ2) is 6.87. The van der Waals surface area contributed by atoms with Crippen LogP contribution in [-0.4, -0.2) is 18.2 Å². The molecule has 0 fully saturated rings. The molecule has 1 heterocycles. The molecule has 0 aliphatic rings. The Kier molecular flexibility index (Phi) is 4.47. The van der Waals surface area contributed by atoms with Gasteiger partial charge >= 0.3 is 5.97 Å². The summed E-state index contributed by atoms with van der Waals surface area (Å²) in [4.78, 5) is 10.7. The molecule has 0 bridgehead atoms. The van der Waals surface area contributed by atoms with E-state index in [1.165, 1.54) is 6.08 Å². The van der Waals surface area contributed by atoms with Gasteiger partial charge < -0.3 is 14.3 Å². The maximum Gasteiger partial charge on any atom is 0.328 e. The third-order valence-corrected chi connectivity index (χ3v) is 3.58. The number of furan rings is 1. The molecular weight excluding hydrogens is 304 g/mol. The highest BCUT2D eigenvalue weighted by Gasteiger charge is 2.14. The molecule has 0 spiro atoms. The number of carboxylic acid groups (broad SMARTS) is 1. The number of carbonyl (C=O) groups is 1. The monoisotopic (exact) mass is 320 g/mol. The lowest BCUT2D eigenvalue weighted by Gasteiger charge is -2.04. The van der Waals surface area contributed by atoms with E-state index in [4.69, 9.17) is 14.3 Å². The van der Waals surface area contributed by atoms with Crippen molar-refractivity contribution >= 4 is 12.0 Å². The molecule has 0 unspecified atom stereocenters. The van der Waals surface area contributed by atoms with Crippen LogP contribution in [0.25, 0.3) is 28.5 Å². The Balaban J connectivity index is 2.09. The van der Waals surface area contributed by atoms with Crippen molar-refractivity contribution < 1.29 is 19.1 Å². The standard InChI is InChI=1S/C20H16O4/c1-23-16-9-7-14(8-10-16)18-13-17(11-12-19(21)22)24-20(18)15-5-3-2-4-6-15/h2-13H,1H3,(H,21,22). The van der Waals surface area contributed by atoms with Gasteiger partial charge in [0.25, 0.3) is 0 Å². The highest BCUT2D eigenvalue weighted by Crippen LogP contribution is 2.36. The van der Waals surface area contributed by atoms with Crippen LogP contribution in [-0.2, 0) is 4.79 Å². The Morgan fingerprint density at radius 2 is 1.75 bits per heavy atom. The lowest BCUT2D eigenvalue weighted by atomic mass is 10.0. The van der Waals surface area contributed by atoms with Crippen LogP contribution in [0.5, 0.6) is 5.75 Å². The van der Waals surface area contributed by atoms with Gasteiger partial charge in [0.2, 0.25) is 0 Å². The maximum absolute atomic E-state index is 10.7. The van der Waals surface area contributed by atoms with Crippen LogP contribution in [0, 0.1) is 0 Å². The lowest BCUT2D eigenvalue weighted by molar-refractivity contribution is -0.131. The molecule has 4 heteroatoms. The van der Waals surface area contributed by atoms with Crippen LogP contribution in [0.15, 0.2) is 71.2 Å². The molecule has 1 N–H and O–H groups in total. The predicted molar refractivity (Wildman–Crippen MR) is 92.8 cm³/mol. The smallest absolute Gasteiger partial charge is 0.328 e. The molecular formula is C20H16O4. The molecule has 120 valence electrons. The van der Waals surface area contributed by atoms with E-state index in [9.17, 15) is 4.79 Å². The molecule has 0 saturated carbocycles. The summed E-state index contributed by atoms with van der Waals surface area (Å²) in [6, 6.07) is 19.2. The molecule has 4 nitrogen and oxygen atoms in total. The van der Waals surface area contributed by atoms with Crippen molar-refractivity contribution in [2.45, 2.75) is 0 Å². The van der Waals surface area contributed by atoms with Gasteiger partial charge in [-0.05, 0) is 29.8 Å². The predicted octanol–water partition coefficient (Wildman–Crippen LogP) is 4.72. The van der Waals surface area contributed by atoms with Crippen molar-refractivity contribution in [3.63, 3.8) is 0 Å². The first kappa shape index (κ1) is 15.6. The van der Waals surface area contributed by atoms with E-state index in [1.807, 2.05) is 60.7 Å². The van der Waals surface area contributed by atoms with Crippen LogP contribution >= 0.6 is 0 Å². The largest absolute Gasteiger partial charge is 0.497 e. The number of carboxylic acids is 1. The first-order valence-electron chi connectivity index (χ1n) is 7.42. The van der Waals surface area contributed by atoms with Crippen molar-refractivity contribution in [2.75, 3.05) is 7.11 Å². The molecule has 0 amide bonds. The fourth-order valence-corrected chi connectivity index (χ4v) is 2.43. The highest BCUT2D eigenvalue weighted by molar-refractivity contribution is 5.87. The minimum absolute atomic E-state index is 0.488. The molecule has 0 aliphatic heterocycles. The van der Waals surface area contributed by atoms with Gasteiger partial charge in [0.1, 0.15) is 17.3 Å². The van der Waals surface area contributed by atoms with Crippen molar-refractivity contribution in [3.05, 3.63) is 72.5 Å². The fourth-order valence-electron chi connectivity index (χ4n) is 2.43. The van der Waals surface area contributed by atoms with E-state index in [0.29, 0.717) is 11.5 Å². The molecule has 3 aromatic rings. The molecule has 0 saturated heterocycles. The fraction of sp³-hybridized carbons (Fsp3) is 0.0500. The van der Waals surface area contributed by atoms with E-state index >= 15 is 0 Å². The summed E-state index contributed by atoms with van der Waals surface area (Å²) in [6.45, 7) is 0. The Morgan fingerprint density at radius 1 is 1.04 bits per heavy atom.